The fraction of sp³-hybridized carbons (Fsp3) is 0.143. The van der Waals surface area contributed by atoms with Crippen molar-refractivity contribution >= 4 is 35.0 Å². The molecule has 0 radical (unpaired) electrons. The van der Waals surface area contributed by atoms with E-state index in [9.17, 15) is 9.59 Å². The van der Waals surface area contributed by atoms with Gasteiger partial charge in [-0.15, -0.1) is 0 Å². The minimum atomic E-state index is -0.619. The van der Waals surface area contributed by atoms with Crippen LogP contribution in [-0.4, -0.2) is 21.8 Å². The molecule has 0 spiro atoms. The summed E-state index contributed by atoms with van der Waals surface area (Å²) >= 11 is 0. The summed E-state index contributed by atoms with van der Waals surface area (Å²) in [5.41, 5.74) is 8.05. The van der Waals surface area contributed by atoms with E-state index in [1.165, 1.54) is 13.1 Å². The summed E-state index contributed by atoms with van der Waals surface area (Å²) < 4.78 is 0. The fourth-order valence-electron chi connectivity index (χ4n) is 2.77. The number of primary amides is 1. The molecule has 0 unspecified atom stereocenters. The molecule has 3 rings (SSSR count). The third-order valence-electron chi connectivity index (χ3n) is 4.15. The Kier molecular flexibility index (Phi) is 6.03. The average Bonchev–Trinajstić information content (AvgIpc) is 2.68. The van der Waals surface area contributed by atoms with Gasteiger partial charge < -0.3 is 21.7 Å². The van der Waals surface area contributed by atoms with E-state index in [0.717, 1.165) is 5.56 Å². The zero-order chi connectivity index (χ0) is 20.8. The van der Waals surface area contributed by atoms with Crippen molar-refractivity contribution in [2.45, 2.75) is 19.9 Å². The van der Waals surface area contributed by atoms with Crippen LogP contribution in [0.1, 0.15) is 35.8 Å². The van der Waals surface area contributed by atoms with E-state index in [0.29, 0.717) is 17.2 Å². The Morgan fingerprint density at radius 3 is 2.45 bits per heavy atom. The molecule has 5 N–H and O–H groups in total. The minimum absolute atomic E-state index is 0.0971. The highest BCUT2D eigenvalue weighted by Crippen LogP contribution is 2.23. The van der Waals surface area contributed by atoms with Gasteiger partial charge in [0.25, 0.3) is 5.91 Å². The maximum Gasteiger partial charge on any atom is 0.254 e. The number of hydrogen-bond acceptors (Lipinski definition) is 6. The third-order valence-corrected chi connectivity index (χ3v) is 4.15. The Morgan fingerprint density at radius 1 is 1.03 bits per heavy atom. The van der Waals surface area contributed by atoms with Crippen molar-refractivity contribution in [3.8, 4) is 0 Å². The Balaban J connectivity index is 1.85. The van der Waals surface area contributed by atoms with Gasteiger partial charge in [0, 0.05) is 30.5 Å². The summed E-state index contributed by atoms with van der Waals surface area (Å²) in [6, 6.07) is 16.8. The molecular weight excluding hydrogens is 368 g/mol. The number of carbonyl (C=O) groups is 2. The van der Waals surface area contributed by atoms with Gasteiger partial charge in [-0.25, -0.2) is 4.98 Å². The van der Waals surface area contributed by atoms with Crippen LogP contribution in [-0.2, 0) is 4.79 Å². The van der Waals surface area contributed by atoms with Crippen molar-refractivity contribution in [2.24, 2.45) is 5.73 Å². The molecule has 8 nitrogen and oxygen atoms in total. The smallest absolute Gasteiger partial charge is 0.254 e. The lowest BCUT2D eigenvalue weighted by molar-refractivity contribution is -0.114. The summed E-state index contributed by atoms with van der Waals surface area (Å²) in [6.45, 7) is 3.41. The number of carbonyl (C=O) groups excluding carboxylic acids is 2. The normalized spacial score (nSPS) is 11.4. The molecule has 2 amide bonds. The summed E-state index contributed by atoms with van der Waals surface area (Å²) in [6.07, 6.45) is 1.38. The number of nitrogens with zero attached hydrogens (tertiary/aromatic N) is 2. The molecule has 148 valence electrons. The third kappa shape index (κ3) is 5.29. The Morgan fingerprint density at radius 2 is 1.76 bits per heavy atom. The minimum Gasteiger partial charge on any atom is -0.365 e. The number of aromatic nitrogens is 2. The number of benzene rings is 2. The molecule has 0 aliphatic carbocycles. The molecule has 0 saturated carbocycles. The van der Waals surface area contributed by atoms with Crippen LogP contribution >= 0.6 is 0 Å². The van der Waals surface area contributed by atoms with Gasteiger partial charge in [-0.05, 0) is 30.7 Å². The molecule has 1 heterocycles. The van der Waals surface area contributed by atoms with E-state index in [4.69, 9.17) is 5.73 Å². The molecule has 1 aromatic heterocycles. The van der Waals surface area contributed by atoms with E-state index in [1.54, 1.807) is 18.2 Å². The first-order chi connectivity index (χ1) is 13.9. The van der Waals surface area contributed by atoms with Gasteiger partial charge in [-0.2, -0.15) is 4.98 Å². The monoisotopic (exact) mass is 390 g/mol. The first-order valence-corrected chi connectivity index (χ1v) is 9.05. The van der Waals surface area contributed by atoms with Crippen molar-refractivity contribution in [1.29, 1.82) is 0 Å². The second-order valence-electron chi connectivity index (χ2n) is 6.48. The molecule has 0 aliphatic heterocycles. The van der Waals surface area contributed by atoms with Crippen molar-refractivity contribution in [1.82, 2.24) is 9.97 Å². The van der Waals surface area contributed by atoms with Crippen LogP contribution in [0.25, 0.3) is 0 Å². The van der Waals surface area contributed by atoms with Crippen LogP contribution in [0.4, 0.5) is 23.1 Å². The quantitative estimate of drug-likeness (QED) is 0.490. The van der Waals surface area contributed by atoms with Gasteiger partial charge in [0.2, 0.25) is 11.9 Å². The van der Waals surface area contributed by atoms with Crippen molar-refractivity contribution < 1.29 is 9.59 Å². The second kappa shape index (κ2) is 8.83. The van der Waals surface area contributed by atoms with Crippen LogP contribution in [0.2, 0.25) is 0 Å². The molecule has 29 heavy (non-hydrogen) atoms. The number of anilines is 4. The maximum atomic E-state index is 11.8. The SMILES string of the molecule is CC(=O)Nc1cccc(Nc2ncc(C(N)=O)c(N[C@H](C)c3ccccc3)n2)c1. The first-order valence-electron chi connectivity index (χ1n) is 9.05. The van der Waals surface area contributed by atoms with Gasteiger partial charge in [0.05, 0.1) is 5.56 Å². The molecule has 0 aliphatic rings. The van der Waals surface area contributed by atoms with E-state index in [-0.39, 0.29) is 23.5 Å². The number of nitrogens with two attached hydrogens (primary N) is 1. The van der Waals surface area contributed by atoms with Gasteiger partial charge in [0.1, 0.15) is 5.82 Å². The number of hydrogen-bond donors (Lipinski definition) is 4. The fourth-order valence-corrected chi connectivity index (χ4v) is 2.77. The topological polar surface area (TPSA) is 122 Å². The predicted octanol–water partition coefficient (Wildman–Crippen LogP) is 3.45. The predicted molar refractivity (Wildman–Crippen MR) is 113 cm³/mol. The van der Waals surface area contributed by atoms with E-state index >= 15 is 0 Å². The van der Waals surface area contributed by atoms with Crippen molar-refractivity contribution in [3.05, 3.63) is 71.9 Å². The largest absolute Gasteiger partial charge is 0.365 e. The Bertz CT molecular complexity index is 1020. The van der Waals surface area contributed by atoms with E-state index < -0.39 is 5.91 Å². The van der Waals surface area contributed by atoms with Crippen molar-refractivity contribution in [2.75, 3.05) is 16.0 Å². The lowest BCUT2D eigenvalue weighted by Gasteiger charge is -2.17. The molecule has 0 fully saturated rings. The molecule has 8 heteroatoms. The van der Waals surface area contributed by atoms with Crippen LogP contribution in [0.5, 0.6) is 0 Å². The number of nitrogens with one attached hydrogen (secondary N) is 3. The molecule has 1 atom stereocenters. The van der Waals surface area contributed by atoms with Crippen molar-refractivity contribution in [3.63, 3.8) is 0 Å². The lowest BCUT2D eigenvalue weighted by atomic mass is 10.1. The molecule has 0 bridgehead atoms. The zero-order valence-electron chi connectivity index (χ0n) is 16.1. The highest BCUT2D eigenvalue weighted by Gasteiger charge is 2.15. The highest BCUT2D eigenvalue weighted by atomic mass is 16.1. The summed E-state index contributed by atoms with van der Waals surface area (Å²) in [7, 11) is 0. The summed E-state index contributed by atoms with van der Waals surface area (Å²) in [5.74, 6) is -0.153. The van der Waals surface area contributed by atoms with E-state index in [2.05, 4.69) is 25.9 Å². The van der Waals surface area contributed by atoms with Gasteiger partial charge in [-0.1, -0.05) is 36.4 Å². The Labute approximate surface area is 168 Å². The highest BCUT2D eigenvalue weighted by molar-refractivity contribution is 5.97. The van der Waals surface area contributed by atoms with Crippen LogP contribution in [0.3, 0.4) is 0 Å². The van der Waals surface area contributed by atoms with Gasteiger partial charge in [-0.3, -0.25) is 9.59 Å². The van der Waals surface area contributed by atoms with Crippen LogP contribution in [0, 0.1) is 0 Å². The standard InChI is InChI=1S/C21H22N6O2/c1-13(15-7-4-3-5-8-15)24-20-18(19(22)29)12-23-21(27-20)26-17-10-6-9-16(11-17)25-14(2)28/h3-13H,1-2H3,(H2,22,29)(H,25,28)(H2,23,24,26,27)/t13-/m1/s1. The molecular formula is C21H22N6O2. The molecule has 3 aromatic rings. The number of amides is 2. The maximum absolute atomic E-state index is 11.8. The summed E-state index contributed by atoms with van der Waals surface area (Å²) in [5, 5.41) is 9.01. The summed E-state index contributed by atoms with van der Waals surface area (Å²) in [4.78, 5) is 31.6. The van der Waals surface area contributed by atoms with E-state index in [1.807, 2.05) is 43.3 Å². The van der Waals surface area contributed by atoms with Gasteiger partial charge >= 0.3 is 0 Å². The Hall–Kier alpha value is -3.94. The van der Waals surface area contributed by atoms with Crippen LogP contribution < -0.4 is 21.7 Å². The second-order valence-corrected chi connectivity index (χ2v) is 6.48. The van der Waals surface area contributed by atoms with Crippen LogP contribution in [0.15, 0.2) is 60.8 Å². The molecule has 0 saturated heterocycles. The lowest BCUT2D eigenvalue weighted by Crippen LogP contribution is -2.18. The molecule has 2 aromatic carbocycles. The number of rotatable bonds is 7. The average molecular weight is 390 g/mol. The first kappa shape index (κ1) is 19.8. The zero-order valence-corrected chi connectivity index (χ0v) is 16.1. The van der Waals surface area contributed by atoms with Gasteiger partial charge in [0.15, 0.2) is 0 Å².